The maximum atomic E-state index is 12.9. The number of alkyl halides is 3. The normalized spacial score (nSPS) is 14.0. The fourth-order valence-electron chi connectivity index (χ4n) is 1.04. The van der Waals surface area contributed by atoms with Crippen molar-refractivity contribution < 1.29 is 27.1 Å². The molecule has 0 bridgehead atoms. The van der Waals surface area contributed by atoms with Crippen molar-refractivity contribution in [3.63, 3.8) is 0 Å². The van der Waals surface area contributed by atoms with Gasteiger partial charge in [-0.3, -0.25) is 0 Å². The molecule has 0 aliphatic heterocycles. The van der Waals surface area contributed by atoms with Crippen LogP contribution in [0.1, 0.15) is 5.56 Å². The number of benzene rings is 1. The third-order valence-corrected chi connectivity index (χ3v) is 1.84. The molecule has 1 N–H and O–H groups in total. The van der Waals surface area contributed by atoms with Crippen LogP contribution in [-0.4, -0.2) is 17.4 Å². The van der Waals surface area contributed by atoms with Crippen LogP contribution in [-0.2, 0) is 6.42 Å². The number of hydrogen-bond acceptors (Lipinski definition) is 1. The maximum Gasteiger partial charge on any atom is 0.414 e. The van der Waals surface area contributed by atoms with Crippen molar-refractivity contribution in [3.05, 3.63) is 35.4 Å². The Morgan fingerprint density at radius 1 is 1.13 bits per heavy atom. The van der Waals surface area contributed by atoms with Gasteiger partial charge in [-0.1, -0.05) is 6.07 Å². The van der Waals surface area contributed by atoms with Gasteiger partial charge in [0.1, 0.15) is 11.6 Å². The van der Waals surface area contributed by atoms with Crippen LogP contribution in [0.5, 0.6) is 0 Å². The molecule has 1 nitrogen and oxygen atoms in total. The van der Waals surface area contributed by atoms with E-state index in [1.165, 1.54) is 0 Å². The van der Waals surface area contributed by atoms with Gasteiger partial charge in [-0.15, -0.1) is 0 Å². The first kappa shape index (κ1) is 11.9. The molecule has 0 saturated heterocycles. The van der Waals surface area contributed by atoms with Crippen molar-refractivity contribution in [3.8, 4) is 0 Å². The summed E-state index contributed by atoms with van der Waals surface area (Å²) in [7, 11) is 0. The first-order valence-corrected chi connectivity index (χ1v) is 4.00. The standard InChI is InChI=1S/C9H7F5O/c10-6-2-1-3-7(11)5(6)4-8(15)9(12,13)14/h1-3,8,15H,4H2. The summed E-state index contributed by atoms with van der Waals surface area (Å²) in [5, 5.41) is 8.63. The Bertz CT molecular complexity index is 327. The Balaban J connectivity index is 2.90. The average molecular weight is 226 g/mol. The Morgan fingerprint density at radius 2 is 1.60 bits per heavy atom. The van der Waals surface area contributed by atoms with Gasteiger partial charge in [0.05, 0.1) is 0 Å². The van der Waals surface area contributed by atoms with Crippen molar-refractivity contribution in [1.82, 2.24) is 0 Å². The Hall–Kier alpha value is -1.17. The molecule has 15 heavy (non-hydrogen) atoms. The van der Waals surface area contributed by atoms with Crippen LogP contribution >= 0.6 is 0 Å². The summed E-state index contributed by atoms with van der Waals surface area (Å²) in [5.74, 6) is -2.20. The van der Waals surface area contributed by atoms with E-state index in [1.807, 2.05) is 0 Å². The van der Waals surface area contributed by atoms with Gasteiger partial charge < -0.3 is 5.11 Å². The van der Waals surface area contributed by atoms with Crippen molar-refractivity contribution >= 4 is 0 Å². The van der Waals surface area contributed by atoms with Crippen LogP contribution < -0.4 is 0 Å². The zero-order valence-corrected chi connectivity index (χ0v) is 7.35. The van der Waals surface area contributed by atoms with E-state index in [2.05, 4.69) is 0 Å². The highest BCUT2D eigenvalue weighted by Gasteiger charge is 2.38. The lowest BCUT2D eigenvalue weighted by molar-refractivity contribution is -0.203. The van der Waals surface area contributed by atoms with Gasteiger partial charge in [-0.05, 0) is 12.1 Å². The number of aliphatic hydroxyl groups excluding tert-OH is 1. The minimum Gasteiger partial charge on any atom is -0.383 e. The summed E-state index contributed by atoms with van der Waals surface area (Å²) in [6, 6.07) is 2.71. The molecule has 1 atom stereocenters. The summed E-state index contributed by atoms with van der Waals surface area (Å²) in [6.45, 7) is 0. The van der Waals surface area contributed by atoms with E-state index in [4.69, 9.17) is 5.11 Å². The molecule has 84 valence electrons. The zero-order chi connectivity index (χ0) is 11.6. The predicted molar refractivity (Wildman–Crippen MR) is 42.1 cm³/mol. The fraction of sp³-hybridized carbons (Fsp3) is 0.333. The monoisotopic (exact) mass is 226 g/mol. The smallest absolute Gasteiger partial charge is 0.383 e. The lowest BCUT2D eigenvalue weighted by atomic mass is 10.1. The molecule has 0 saturated carbocycles. The molecule has 1 unspecified atom stereocenters. The molecule has 0 spiro atoms. The van der Waals surface area contributed by atoms with Gasteiger partial charge in [-0.25, -0.2) is 8.78 Å². The van der Waals surface area contributed by atoms with Crippen molar-refractivity contribution in [2.75, 3.05) is 0 Å². The van der Waals surface area contributed by atoms with Crippen LogP contribution in [0.25, 0.3) is 0 Å². The molecule has 0 heterocycles. The van der Waals surface area contributed by atoms with E-state index in [-0.39, 0.29) is 0 Å². The summed E-state index contributed by atoms with van der Waals surface area (Å²) >= 11 is 0. The molecular weight excluding hydrogens is 219 g/mol. The molecule has 0 amide bonds. The maximum absolute atomic E-state index is 12.9. The van der Waals surface area contributed by atoms with Gasteiger partial charge in [0.15, 0.2) is 6.10 Å². The van der Waals surface area contributed by atoms with Crippen LogP contribution in [0.3, 0.4) is 0 Å². The minimum atomic E-state index is -4.88. The highest BCUT2D eigenvalue weighted by molar-refractivity contribution is 5.20. The van der Waals surface area contributed by atoms with Crippen LogP contribution in [0.15, 0.2) is 18.2 Å². The lowest BCUT2D eigenvalue weighted by Gasteiger charge is -2.14. The van der Waals surface area contributed by atoms with Crippen molar-refractivity contribution in [2.45, 2.75) is 18.7 Å². The van der Waals surface area contributed by atoms with E-state index < -0.39 is 35.9 Å². The SMILES string of the molecule is OC(Cc1c(F)cccc1F)C(F)(F)F. The molecule has 0 radical (unpaired) electrons. The average Bonchev–Trinajstić information content (AvgIpc) is 2.09. The van der Waals surface area contributed by atoms with Gasteiger partial charge in [-0.2, -0.15) is 13.2 Å². The topological polar surface area (TPSA) is 20.2 Å². The lowest BCUT2D eigenvalue weighted by Crippen LogP contribution is -2.31. The van der Waals surface area contributed by atoms with E-state index in [0.717, 1.165) is 18.2 Å². The Morgan fingerprint density at radius 3 is 2.00 bits per heavy atom. The van der Waals surface area contributed by atoms with Crippen LogP contribution in [0.2, 0.25) is 0 Å². The predicted octanol–water partition coefficient (Wildman–Crippen LogP) is 2.43. The first-order valence-electron chi connectivity index (χ1n) is 4.00. The molecule has 6 heteroatoms. The van der Waals surface area contributed by atoms with Gasteiger partial charge in [0, 0.05) is 12.0 Å². The number of aliphatic hydroxyl groups is 1. The summed E-state index contributed by atoms with van der Waals surface area (Å²) < 4.78 is 61.5. The second-order valence-corrected chi connectivity index (χ2v) is 2.96. The molecular formula is C9H7F5O. The van der Waals surface area contributed by atoms with E-state index in [1.54, 1.807) is 0 Å². The molecule has 0 aromatic heterocycles. The van der Waals surface area contributed by atoms with E-state index in [0.29, 0.717) is 0 Å². The van der Waals surface area contributed by atoms with Crippen LogP contribution in [0.4, 0.5) is 22.0 Å². The molecule has 1 aromatic rings. The third-order valence-electron chi connectivity index (χ3n) is 1.84. The molecule has 1 rings (SSSR count). The van der Waals surface area contributed by atoms with Gasteiger partial charge in [0.25, 0.3) is 0 Å². The van der Waals surface area contributed by atoms with Crippen LogP contribution in [0, 0.1) is 11.6 Å². The van der Waals surface area contributed by atoms with E-state index >= 15 is 0 Å². The third kappa shape index (κ3) is 2.89. The Labute approximate surface area is 82.1 Å². The summed E-state index contributed by atoms with van der Waals surface area (Å²) in [4.78, 5) is 0. The van der Waals surface area contributed by atoms with Crippen molar-refractivity contribution in [2.24, 2.45) is 0 Å². The van der Waals surface area contributed by atoms with Gasteiger partial charge >= 0.3 is 6.18 Å². The fourth-order valence-corrected chi connectivity index (χ4v) is 1.04. The zero-order valence-electron chi connectivity index (χ0n) is 7.35. The first-order chi connectivity index (χ1) is 6.82. The summed E-state index contributed by atoms with van der Waals surface area (Å²) in [5.41, 5.74) is -0.762. The molecule has 0 fully saturated rings. The minimum absolute atomic E-state index is 0.762. The number of hydrogen-bond donors (Lipinski definition) is 1. The molecule has 1 aromatic carbocycles. The molecule has 0 aliphatic rings. The largest absolute Gasteiger partial charge is 0.414 e. The Kier molecular flexibility index (Phi) is 3.28. The van der Waals surface area contributed by atoms with E-state index in [9.17, 15) is 22.0 Å². The number of rotatable bonds is 2. The summed E-state index contributed by atoms with van der Waals surface area (Å²) in [6.07, 6.45) is -8.76. The molecule has 0 aliphatic carbocycles. The second-order valence-electron chi connectivity index (χ2n) is 2.96. The highest BCUT2D eigenvalue weighted by Crippen LogP contribution is 2.24. The quantitative estimate of drug-likeness (QED) is 0.768. The number of halogens is 5. The second kappa shape index (κ2) is 4.14. The highest BCUT2D eigenvalue weighted by atomic mass is 19.4. The van der Waals surface area contributed by atoms with Gasteiger partial charge in [0.2, 0.25) is 0 Å². The van der Waals surface area contributed by atoms with Crippen molar-refractivity contribution in [1.29, 1.82) is 0 Å².